The molecule has 0 aliphatic heterocycles. The maximum absolute atomic E-state index is 13.5. The van der Waals surface area contributed by atoms with Crippen molar-refractivity contribution in [3.05, 3.63) is 41.5 Å². The predicted octanol–water partition coefficient (Wildman–Crippen LogP) is 1.06. The van der Waals surface area contributed by atoms with E-state index in [-0.39, 0.29) is 11.4 Å². The number of hydrogen-bond acceptors (Lipinski definition) is 4. The Balaban J connectivity index is 2.13. The summed E-state index contributed by atoms with van der Waals surface area (Å²) in [6.07, 6.45) is 1.18. The molecule has 0 radical (unpaired) electrons. The number of nitrogens with zero attached hydrogens (tertiary/aromatic N) is 3. The number of hydrogen-bond donors (Lipinski definition) is 2. The first-order chi connectivity index (χ1) is 9.45. The molecule has 0 fully saturated rings. The fraction of sp³-hybridized carbons (Fsp3) is 0.167. The van der Waals surface area contributed by atoms with Gasteiger partial charge in [-0.05, 0) is 24.6 Å². The SMILES string of the molecule is Cc1ccc(F)c(NC(=O)c2cn(CC(=O)O)nn2)c1. The second-order valence-electron chi connectivity index (χ2n) is 4.13. The number of carbonyl (C=O) groups excluding carboxylic acids is 1. The van der Waals surface area contributed by atoms with Crippen LogP contribution in [0.2, 0.25) is 0 Å². The second kappa shape index (κ2) is 5.47. The summed E-state index contributed by atoms with van der Waals surface area (Å²) in [4.78, 5) is 22.3. The molecular weight excluding hydrogens is 267 g/mol. The van der Waals surface area contributed by atoms with Gasteiger partial charge in [0.1, 0.15) is 12.4 Å². The quantitative estimate of drug-likeness (QED) is 0.871. The Kier molecular flexibility index (Phi) is 3.74. The number of carboxylic acid groups (broad SMARTS) is 1. The van der Waals surface area contributed by atoms with Crippen molar-refractivity contribution in [1.29, 1.82) is 0 Å². The van der Waals surface area contributed by atoms with Gasteiger partial charge in [-0.25, -0.2) is 9.07 Å². The van der Waals surface area contributed by atoms with E-state index in [2.05, 4.69) is 15.6 Å². The first-order valence-corrected chi connectivity index (χ1v) is 5.65. The van der Waals surface area contributed by atoms with Crippen LogP contribution in [0.3, 0.4) is 0 Å². The molecule has 7 nitrogen and oxygen atoms in total. The fourth-order valence-electron chi connectivity index (χ4n) is 1.54. The summed E-state index contributed by atoms with van der Waals surface area (Å²) in [5.41, 5.74) is 0.728. The van der Waals surface area contributed by atoms with Gasteiger partial charge < -0.3 is 10.4 Å². The predicted molar refractivity (Wildman–Crippen MR) is 66.7 cm³/mol. The van der Waals surface area contributed by atoms with Crippen molar-refractivity contribution in [3.63, 3.8) is 0 Å². The topological polar surface area (TPSA) is 97.1 Å². The number of aryl methyl sites for hydroxylation is 1. The van der Waals surface area contributed by atoms with Crippen molar-refractivity contribution >= 4 is 17.6 Å². The maximum atomic E-state index is 13.5. The zero-order chi connectivity index (χ0) is 14.7. The van der Waals surface area contributed by atoms with Crippen LogP contribution in [0.25, 0.3) is 0 Å². The number of nitrogens with one attached hydrogen (secondary N) is 1. The molecule has 8 heteroatoms. The number of carbonyl (C=O) groups is 2. The van der Waals surface area contributed by atoms with Crippen molar-refractivity contribution in [2.24, 2.45) is 0 Å². The molecule has 1 aromatic heterocycles. The van der Waals surface area contributed by atoms with E-state index in [0.717, 1.165) is 10.2 Å². The maximum Gasteiger partial charge on any atom is 0.325 e. The van der Waals surface area contributed by atoms with Crippen molar-refractivity contribution in [3.8, 4) is 0 Å². The van der Waals surface area contributed by atoms with Gasteiger partial charge in [0.25, 0.3) is 5.91 Å². The van der Waals surface area contributed by atoms with Gasteiger partial charge in [0, 0.05) is 0 Å². The Hall–Kier alpha value is -2.77. The molecule has 0 aliphatic carbocycles. The highest BCUT2D eigenvalue weighted by Crippen LogP contribution is 2.16. The number of carboxylic acids is 1. The van der Waals surface area contributed by atoms with E-state index >= 15 is 0 Å². The molecule has 2 aromatic rings. The Bertz CT molecular complexity index is 668. The number of aliphatic carboxylic acids is 1. The minimum Gasteiger partial charge on any atom is -0.480 e. The fourth-order valence-corrected chi connectivity index (χ4v) is 1.54. The van der Waals surface area contributed by atoms with Gasteiger partial charge in [-0.3, -0.25) is 9.59 Å². The van der Waals surface area contributed by atoms with Crippen molar-refractivity contribution in [2.45, 2.75) is 13.5 Å². The molecule has 2 rings (SSSR count). The zero-order valence-corrected chi connectivity index (χ0v) is 10.5. The lowest BCUT2D eigenvalue weighted by Crippen LogP contribution is -2.14. The Morgan fingerprint density at radius 3 is 2.90 bits per heavy atom. The van der Waals surface area contributed by atoms with Crippen LogP contribution < -0.4 is 5.32 Å². The van der Waals surface area contributed by atoms with Gasteiger partial charge in [0.15, 0.2) is 5.69 Å². The third kappa shape index (κ3) is 3.16. The molecule has 104 valence electrons. The smallest absolute Gasteiger partial charge is 0.325 e. The van der Waals surface area contributed by atoms with Gasteiger partial charge in [-0.1, -0.05) is 11.3 Å². The number of halogens is 1. The Labute approximate surface area is 113 Å². The molecule has 0 saturated heterocycles. The number of benzene rings is 1. The lowest BCUT2D eigenvalue weighted by atomic mass is 10.2. The summed E-state index contributed by atoms with van der Waals surface area (Å²) in [7, 11) is 0. The van der Waals surface area contributed by atoms with Crippen LogP contribution >= 0.6 is 0 Å². The lowest BCUT2D eigenvalue weighted by Gasteiger charge is -2.05. The van der Waals surface area contributed by atoms with Crippen LogP contribution in [-0.4, -0.2) is 32.0 Å². The average Bonchev–Trinajstić information content (AvgIpc) is 2.81. The third-order valence-corrected chi connectivity index (χ3v) is 2.44. The van der Waals surface area contributed by atoms with E-state index in [1.807, 2.05) is 0 Å². The summed E-state index contributed by atoms with van der Waals surface area (Å²) in [5.74, 6) is -2.33. The summed E-state index contributed by atoms with van der Waals surface area (Å²) < 4.78 is 14.5. The Morgan fingerprint density at radius 2 is 2.20 bits per heavy atom. The normalized spacial score (nSPS) is 10.3. The zero-order valence-electron chi connectivity index (χ0n) is 10.5. The molecule has 0 aliphatic rings. The van der Waals surface area contributed by atoms with Crippen molar-refractivity contribution in [2.75, 3.05) is 5.32 Å². The molecule has 0 bridgehead atoms. The molecule has 1 heterocycles. The highest BCUT2D eigenvalue weighted by molar-refractivity contribution is 6.02. The van der Waals surface area contributed by atoms with Crippen LogP contribution in [-0.2, 0) is 11.3 Å². The molecule has 0 spiro atoms. The minimum absolute atomic E-state index is 0.0304. The molecule has 1 amide bonds. The first kappa shape index (κ1) is 13.7. The number of aromatic nitrogens is 3. The van der Waals surface area contributed by atoms with E-state index in [0.29, 0.717) is 0 Å². The van der Waals surface area contributed by atoms with Gasteiger partial charge in [-0.15, -0.1) is 5.10 Å². The van der Waals surface area contributed by atoms with E-state index in [1.54, 1.807) is 13.0 Å². The molecule has 0 unspecified atom stereocenters. The average molecular weight is 278 g/mol. The van der Waals surface area contributed by atoms with Crippen molar-refractivity contribution < 1.29 is 19.1 Å². The van der Waals surface area contributed by atoms with Crippen LogP contribution in [0.15, 0.2) is 24.4 Å². The molecule has 1 aromatic carbocycles. The minimum atomic E-state index is -1.11. The van der Waals surface area contributed by atoms with Crippen LogP contribution in [0, 0.1) is 12.7 Å². The third-order valence-electron chi connectivity index (χ3n) is 2.44. The lowest BCUT2D eigenvalue weighted by molar-refractivity contribution is -0.137. The van der Waals surface area contributed by atoms with E-state index in [1.165, 1.54) is 18.3 Å². The highest BCUT2D eigenvalue weighted by atomic mass is 19.1. The molecule has 0 atom stereocenters. The molecular formula is C12H11FN4O3. The number of rotatable bonds is 4. The van der Waals surface area contributed by atoms with Crippen LogP contribution in [0.4, 0.5) is 10.1 Å². The molecule has 20 heavy (non-hydrogen) atoms. The standard InChI is InChI=1S/C12H11FN4O3/c1-7-2-3-8(13)9(4-7)14-12(20)10-5-17(16-15-10)6-11(18)19/h2-5H,6H2,1H3,(H,14,20)(H,18,19). The van der Waals surface area contributed by atoms with Crippen molar-refractivity contribution in [1.82, 2.24) is 15.0 Å². The van der Waals surface area contributed by atoms with E-state index in [9.17, 15) is 14.0 Å². The van der Waals surface area contributed by atoms with E-state index in [4.69, 9.17) is 5.11 Å². The Morgan fingerprint density at radius 1 is 1.45 bits per heavy atom. The van der Waals surface area contributed by atoms with E-state index < -0.39 is 24.2 Å². The molecule has 2 N–H and O–H groups in total. The van der Waals surface area contributed by atoms with Gasteiger partial charge in [0.05, 0.1) is 11.9 Å². The number of amides is 1. The first-order valence-electron chi connectivity index (χ1n) is 5.65. The van der Waals surface area contributed by atoms with Crippen LogP contribution in [0.1, 0.15) is 16.1 Å². The monoisotopic (exact) mass is 278 g/mol. The second-order valence-corrected chi connectivity index (χ2v) is 4.13. The highest BCUT2D eigenvalue weighted by Gasteiger charge is 2.14. The largest absolute Gasteiger partial charge is 0.480 e. The summed E-state index contributed by atoms with van der Waals surface area (Å²) in [6.45, 7) is 1.36. The number of anilines is 1. The van der Waals surface area contributed by atoms with Crippen LogP contribution in [0.5, 0.6) is 0 Å². The summed E-state index contributed by atoms with van der Waals surface area (Å²) in [5, 5.41) is 18.0. The van der Waals surface area contributed by atoms with Gasteiger partial charge >= 0.3 is 5.97 Å². The van der Waals surface area contributed by atoms with Gasteiger partial charge in [-0.2, -0.15) is 0 Å². The summed E-state index contributed by atoms with van der Waals surface area (Å²) >= 11 is 0. The van der Waals surface area contributed by atoms with Gasteiger partial charge in [0.2, 0.25) is 0 Å². The molecule has 0 saturated carbocycles. The summed E-state index contributed by atoms with van der Waals surface area (Å²) in [6, 6.07) is 4.30.